The van der Waals surface area contributed by atoms with Crippen LogP contribution in [0.1, 0.15) is 219 Å². The van der Waals surface area contributed by atoms with E-state index in [2.05, 4.69) is 13.8 Å². The molecule has 0 atom stereocenters. The van der Waals surface area contributed by atoms with Crippen LogP contribution in [0.25, 0.3) is 0 Å². The third-order valence-electron chi connectivity index (χ3n) is 8.82. The van der Waals surface area contributed by atoms with Crippen molar-refractivity contribution in [3.8, 4) is 0 Å². The maximum atomic E-state index is 11.9. The van der Waals surface area contributed by atoms with Crippen molar-refractivity contribution in [1.29, 1.82) is 0 Å². The van der Waals surface area contributed by atoms with E-state index in [9.17, 15) is 9.59 Å². The molecule has 0 aliphatic rings. The third kappa shape index (κ3) is 36.9. The van der Waals surface area contributed by atoms with Crippen molar-refractivity contribution < 1.29 is 19.1 Å². The first-order valence-corrected chi connectivity index (χ1v) is 19.7. The highest BCUT2D eigenvalue weighted by Crippen LogP contribution is 2.15. The average Bonchev–Trinajstić information content (AvgIpc) is 3.02. The van der Waals surface area contributed by atoms with Crippen LogP contribution in [0.2, 0.25) is 0 Å². The Morgan fingerprint density at radius 3 is 0.773 bits per heavy atom. The Morgan fingerprint density at radius 2 is 0.545 bits per heavy atom. The third-order valence-corrected chi connectivity index (χ3v) is 8.82. The predicted molar refractivity (Wildman–Crippen MR) is 190 cm³/mol. The van der Waals surface area contributed by atoms with Crippen molar-refractivity contribution in [3.63, 3.8) is 0 Å². The zero-order valence-corrected chi connectivity index (χ0v) is 29.8. The molecule has 0 aromatic carbocycles. The maximum absolute atomic E-state index is 11.9. The molecule has 0 spiro atoms. The van der Waals surface area contributed by atoms with E-state index in [0.717, 1.165) is 25.7 Å². The average molecular weight is 621 g/mol. The first kappa shape index (κ1) is 42.7. The maximum Gasteiger partial charge on any atom is 0.306 e. The molecule has 0 aromatic rings. The molecule has 0 fully saturated rings. The second kappa shape index (κ2) is 37.9. The van der Waals surface area contributed by atoms with Gasteiger partial charge in [-0.2, -0.15) is 0 Å². The van der Waals surface area contributed by atoms with Crippen LogP contribution < -0.4 is 0 Å². The normalized spacial score (nSPS) is 11.4. The number of unbranched alkanes of at least 4 members (excludes halogenated alkanes) is 28. The summed E-state index contributed by atoms with van der Waals surface area (Å²) in [5, 5.41) is 0. The molecule has 44 heavy (non-hydrogen) atoms. The Balaban J connectivity index is 3.31. The van der Waals surface area contributed by atoms with Crippen LogP contribution in [0.3, 0.4) is 0 Å². The van der Waals surface area contributed by atoms with E-state index in [0.29, 0.717) is 12.8 Å². The molecule has 0 rings (SSSR count). The lowest BCUT2D eigenvalue weighted by molar-refractivity contribution is -0.143. The first-order valence-electron chi connectivity index (χ1n) is 19.7. The molecule has 0 unspecified atom stereocenters. The molecule has 0 bridgehead atoms. The summed E-state index contributed by atoms with van der Waals surface area (Å²) in [5.74, 6) is -0.260. The molecule has 0 saturated heterocycles. The zero-order chi connectivity index (χ0) is 32.0. The Bertz CT molecular complexity index is 562. The van der Waals surface area contributed by atoms with Crippen LogP contribution in [-0.2, 0) is 19.1 Å². The molecule has 0 amide bonds. The van der Waals surface area contributed by atoms with Crippen LogP contribution in [0.15, 0.2) is 12.2 Å². The smallest absolute Gasteiger partial charge is 0.306 e. The minimum Gasteiger partial charge on any atom is -0.461 e. The Labute approximate surface area is 275 Å². The lowest BCUT2D eigenvalue weighted by Gasteiger charge is -2.04. The lowest BCUT2D eigenvalue weighted by atomic mass is 10.0. The van der Waals surface area contributed by atoms with Gasteiger partial charge < -0.3 is 9.47 Å². The van der Waals surface area contributed by atoms with Gasteiger partial charge in [-0.1, -0.05) is 194 Å². The van der Waals surface area contributed by atoms with Gasteiger partial charge in [0.1, 0.15) is 13.2 Å². The SMILES string of the molecule is CCCCCCCCCCCCCCCCCC(=O)OCC=CCOC(=O)CCCCCCCCCCCCCCCCC. The van der Waals surface area contributed by atoms with Crippen LogP contribution in [0.4, 0.5) is 0 Å². The molecule has 0 radical (unpaired) electrons. The van der Waals surface area contributed by atoms with Crippen LogP contribution >= 0.6 is 0 Å². The highest BCUT2D eigenvalue weighted by molar-refractivity contribution is 5.69. The largest absolute Gasteiger partial charge is 0.461 e. The van der Waals surface area contributed by atoms with Gasteiger partial charge in [-0.25, -0.2) is 0 Å². The van der Waals surface area contributed by atoms with Crippen molar-refractivity contribution in [2.75, 3.05) is 13.2 Å². The molecule has 0 aliphatic heterocycles. The first-order chi connectivity index (χ1) is 21.7. The molecule has 0 saturated carbocycles. The predicted octanol–water partition coefficient (Wildman–Crippen LogP) is 13.2. The van der Waals surface area contributed by atoms with Gasteiger partial charge in [0.05, 0.1) is 0 Å². The number of carbonyl (C=O) groups is 2. The van der Waals surface area contributed by atoms with E-state index in [-0.39, 0.29) is 25.2 Å². The Kier molecular flexibility index (Phi) is 36.7. The number of esters is 2. The number of rotatable bonds is 36. The monoisotopic (exact) mass is 621 g/mol. The van der Waals surface area contributed by atoms with Gasteiger partial charge >= 0.3 is 11.9 Å². The standard InChI is InChI=1S/C40H76O4/c1-3-5-7-9-11-13-15-17-19-21-23-25-27-29-31-35-39(41)43-37-33-34-38-44-40(42)36-32-30-28-26-24-22-20-18-16-14-12-10-8-6-4-2/h33-34H,3-32,35-38H2,1-2H3. The summed E-state index contributed by atoms with van der Waals surface area (Å²) >= 11 is 0. The van der Waals surface area contributed by atoms with E-state index in [1.54, 1.807) is 12.2 Å². The molecule has 0 N–H and O–H groups in total. The number of ether oxygens (including phenoxy) is 2. The summed E-state index contributed by atoms with van der Waals surface area (Å²) in [6.07, 6.45) is 44.2. The topological polar surface area (TPSA) is 52.6 Å². The van der Waals surface area contributed by atoms with E-state index >= 15 is 0 Å². The quantitative estimate of drug-likeness (QED) is 0.0397. The second-order valence-corrected chi connectivity index (χ2v) is 13.2. The van der Waals surface area contributed by atoms with Gasteiger partial charge in [0.15, 0.2) is 0 Å². The number of hydrogen-bond donors (Lipinski definition) is 0. The molecular formula is C40H76O4. The lowest BCUT2D eigenvalue weighted by Crippen LogP contribution is -2.05. The number of carbonyl (C=O) groups excluding carboxylic acids is 2. The van der Waals surface area contributed by atoms with Gasteiger partial charge in [0, 0.05) is 12.8 Å². The highest BCUT2D eigenvalue weighted by Gasteiger charge is 2.03. The van der Waals surface area contributed by atoms with Gasteiger partial charge in [0.2, 0.25) is 0 Å². The van der Waals surface area contributed by atoms with Gasteiger partial charge in [-0.15, -0.1) is 0 Å². The van der Waals surface area contributed by atoms with Crippen molar-refractivity contribution >= 4 is 11.9 Å². The zero-order valence-electron chi connectivity index (χ0n) is 29.8. The molecule has 260 valence electrons. The summed E-state index contributed by atoms with van der Waals surface area (Å²) in [4.78, 5) is 23.8. The van der Waals surface area contributed by atoms with Gasteiger partial charge in [-0.05, 0) is 25.0 Å². The minimum absolute atomic E-state index is 0.130. The van der Waals surface area contributed by atoms with E-state index < -0.39 is 0 Å². The van der Waals surface area contributed by atoms with E-state index in [4.69, 9.17) is 9.47 Å². The molecule has 0 heterocycles. The summed E-state index contributed by atoms with van der Waals surface area (Å²) in [7, 11) is 0. The molecule has 0 aliphatic carbocycles. The fourth-order valence-corrected chi connectivity index (χ4v) is 5.84. The Morgan fingerprint density at radius 1 is 0.341 bits per heavy atom. The van der Waals surface area contributed by atoms with Gasteiger partial charge in [0.25, 0.3) is 0 Å². The summed E-state index contributed by atoms with van der Waals surface area (Å²) in [6.45, 7) is 5.07. The second-order valence-electron chi connectivity index (χ2n) is 13.2. The summed E-state index contributed by atoms with van der Waals surface area (Å²) in [6, 6.07) is 0. The molecule has 0 aromatic heterocycles. The fraction of sp³-hybridized carbons (Fsp3) is 0.900. The van der Waals surface area contributed by atoms with Gasteiger partial charge in [-0.3, -0.25) is 9.59 Å². The molecular weight excluding hydrogens is 544 g/mol. The fourth-order valence-electron chi connectivity index (χ4n) is 5.84. The molecule has 4 heteroatoms. The van der Waals surface area contributed by atoms with Crippen molar-refractivity contribution in [2.24, 2.45) is 0 Å². The van der Waals surface area contributed by atoms with Crippen molar-refractivity contribution in [3.05, 3.63) is 12.2 Å². The van der Waals surface area contributed by atoms with Crippen molar-refractivity contribution in [1.82, 2.24) is 0 Å². The summed E-state index contributed by atoms with van der Waals surface area (Å²) in [5.41, 5.74) is 0. The Hall–Kier alpha value is -1.32. The minimum atomic E-state index is -0.130. The van der Waals surface area contributed by atoms with Crippen LogP contribution in [0.5, 0.6) is 0 Å². The molecule has 4 nitrogen and oxygen atoms in total. The van der Waals surface area contributed by atoms with Crippen LogP contribution in [0, 0.1) is 0 Å². The van der Waals surface area contributed by atoms with E-state index in [1.165, 1.54) is 167 Å². The van der Waals surface area contributed by atoms with Crippen molar-refractivity contribution in [2.45, 2.75) is 219 Å². The highest BCUT2D eigenvalue weighted by atomic mass is 16.5. The summed E-state index contributed by atoms with van der Waals surface area (Å²) < 4.78 is 10.5. The van der Waals surface area contributed by atoms with E-state index in [1.807, 2.05) is 0 Å². The van der Waals surface area contributed by atoms with Crippen LogP contribution in [-0.4, -0.2) is 25.2 Å². The number of hydrogen-bond acceptors (Lipinski definition) is 4.